The zero-order chi connectivity index (χ0) is 34.9. The number of fused-ring (bicyclic) bond motifs is 8. The third-order valence-corrected chi connectivity index (χ3v) is 10.2. The van der Waals surface area contributed by atoms with E-state index in [0.29, 0.717) is 6.54 Å². The Morgan fingerprint density at radius 2 is 1.00 bits per heavy atom. The molecule has 52 heavy (non-hydrogen) atoms. The zero-order valence-corrected chi connectivity index (χ0v) is 28.7. The molecule has 0 aliphatic carbocycles. The summed E-state index contributed by atoms with van der Waals surface area (Å²) >= 11 is 0. The number of aliphatic imine (C=N–C) groups is 1. The van der Waals surface area contributed by atoms with E-state index in [9.17, 15) is 0 Å². The van der Waals surface area contributed by atoms with Gasteiger partial charge in [0.1, 0.15) is 12.0 Å². The highest BCUT2D eigenvalue weighted by molar-refractivity contribution is 6.33. The molecule has 9 rings (SSSR count). The summed E-state index contributed by atoms with van der Waals surface area (Å²) in [7, 11) is 0. The third-order valence-electron chi connectivity index (χ3n) is 10.2. The Balaban J connectivity index is 1.21. The summed E-state index contributed by atoms with van der Waals surface area (Å²) in [6.45, 7) is 0.497. The number of nitrogens with two attached hydrogens (primary N) is 1. The van der Waals surface area contributed by atoms with E-state index in [-0.39, 0.29) is 0 Å². The Bertz CT molecular complexity index is 2750. The van der Waals surface area contributed by atoms with Gasteiger partial charge in [-0.05, 0) is 88.6 Å². The zero-order valence-electron chi connectivity index (χ0n) is 28.7. The SMILES string of the molecule is NC(NC(=NCc1ccccc1-c1ccccc1)c1cccc(-c2cc3c4ccccc4c4ccccc4c3c3ccccc23)c1)c1ccccc1. The fourth-order valence-electron chi connectivity index (χ4n) is 7.67. The monoisotopic (exact) mass is 667 g/mol. The van der Waals surface area contributed by atoms with Crippen LogP contribution in [0.5, 0.6) is 0 Å². The first-order valence-corrected chi connectivity index (χ1v) is 17.8. The van der Waals surface area contributed by atoms with Gasteiger partial charge in [0.25, 0.3) is 0 Å². The number of hydrogen-bond acceptors (Lipinski definition) is 2. The van der Waals surface area contributed by atoms with Crippen LogP contribution in [0.2, 0.25) is 0 Å². The highest BCUT2D eigenvalue weighted by Crippen LogP contribution is 2.42. The average Bonchev–Trinajstić information content (AvgIpc) is 3.22. The maximum absolute atomic E-state index is 6.82. The standard InChI is InChI=1S/C49H37N3/c50-48(34-18-5-2-6-19-34)52-49(51-32-37-20-7-8-23-38(37)33-16-3-1-4-17-33)36-22-15-21-35(30-36)45-31-46-41-26-10-9-24-39(41)40-25-11-13-28-43(40)47(46)44-29-14-12-27-42(44)45/h1-31,48H,32,50H2,(H,51,52). The average molecular weight is 668 g/mol. The molecule has 0 radical (unpaired) electrons. The number of amidine groups is 1. The third kappa shape index (κ3) is 5.77. The first-order valence-electron chi connectivity index (χ1n) is 17.8. The van der Waals surface area contributed by atoms with E-state index >= 15 is 0 Å². The van der Waals surface area contributed by atoms with Crippen LogP contribution in [0, 0.1) is 0 Å². The smallest absolute Gasteiger partial charge is 0.130 e. The van der Waals surface area contributed by atoms with Crippen LogP contribution in [0.1, 0.15) is 22.9 Å². The molecule has 1 unspecified atom stereocenters. The maximum Gasteiger partial charge on any atom is 0.130 e. The molecular formula is C49H37N3. The molecule has 0 heterocycles. The van der Waals surface area contributed by atoms with Gasteiger partial charge in [-0.15, -0.1) is 0 Å². The van der Waals surface area contributed by atoms with E-state index in [1.165, 1.54) is 59.8 Å². The summed E-state index contributed by atoms with van der Waals surface area (Å²) in [4.78, 5) is 5.26. The first kappa shape index (κ1) is 31.4. The molecule has 3 N–H and O–H groups in total. The molecule has 0 aliphatic rings. The molecule has 0 spiro atoms. The van der Waals surface area contributed by atoms with Gasteiger partial charge in [0.05, 0.1) is 6.54 Å². The van der Waals surface area contributed by atoms with E-state index in [0.717, 1.165) is 28.1 Å². The van der Waals surface area contributed by atoms with Crippen LogP contribution in [0.4, 0.5) is 0 Å². The lowest BCUT2D eigenvalue weighted by atomic mass is 9.87. The Kier molecular flexibility index (Phi) is 8.24. The quantitative estimate of drug-likeness (QED) is 0.0769. The van der Waals surface area contributed by atoms with Crippen molar-refractivity contribution >= 4 is 48.9 Å². The molecule has 0 bridgehead atoms. The number of nitrogens with zero attached hydrogens (tertiary/aromatic N) is 1. The molecule has 3 nitrogen and oxygen atoms in total. The van der Waals surface area contributed by atoms with Gasteiger partial charge in [-0.1, -0.05) is 176 Å². The van der Waals surface area contributed by atoms with Crippen molar-refractivity contribution in [3.05, 3.63) is 205 Å². The lowest BCUT2D eigenvalue weighted by Crippen LogP contribution is -2.34. The molecule has 9 aromatic carbocycles. The second-order valence-electron chi connectivity index (χ2n) is 13.3. The fourth-order valence-corrected chi connectivity index (χ4v) is 7.67. The van der Waals surface area contributed by atoms with Crippen LogP contribution in [0.15, 0.2) is 193 Å². The van der Waals surface area contributed by atoms with Crippen LogP contribution < -0.4 is 11.1 Å². The Hall–Kier alpha value is -6.55. The lowest BCUT2D eigenvalue weighted by Gasteiger charge is -2.19. The van der Waals surface area contributed by atoms with E-state index in [1.807, 2.05) is 36.4 Å². The van der Waals surface area contributed by atoms with Gasteiger partial charge in [-0.25, -0.2) is 0 Å². The van der Waals surface area contributed by atoms with Crippen molar-refractivity contribution in [2.24, 2.45) is 10.7 Å². The van der Waals surface area contributed by atoms with Gasteiger partial charge in [-0.2, -0.15) is 0 Å². The molecular weight excluding hydrogens is 631 g/mol. The summed E-state index contributed by atoms with van der Waals surface area (Å²) in [6.07, 6.45) is -0.436. The van der Waals surface area contributed by atoms with Crippen LogP contribution >= 0.6 is 0 Å². The molecule has 0 saturated carbocycles. The van der Waals surface area contributed by atoms with Gasteiger partial charge >= 0.3 is 0 Å². The maximum atomic E-state index is 6.82. The Morgan fingerprint density at radius 1 is 0.462 bits per heavy atom. The normalized spacial score (nSPS) is 12.4. The molecule has 0 saturated heterocycles. The molecule has 0 fully saturated rings. The predicted octanol–water partition coefficient (Wildman–Crippen LogP) is 11.8. The fraction of sp³-hybridized carbons (Fsp3) is 0.0408. The molecule has 9 aromatic rings. The van der Waals surface area contributed by atoms with Gasteiger partial charge in [0, 0.05) is 5.56 Å². The highest BCUT2D eigenvalue weighted by atomic mass is 15.1. The second-order valence-corrected chi connectivity index (χ2v) is 13.3. The van der Waals surface area contributed by atoms with Crippen LogP contribution in [0.25, 0.3) is 65.3 Å². The molecule has 3 heteroatoms. The number of rotatable bonds is 7. The largest absolute Gasteiger partial charge is 0.351 e. The van der Waals surface area contributed by atoms with Crippen LogP contribution in [-0.2, 0) is 6.54 Å². The predicted molar refractivity (Wildman–Crippen MR) is 221 cm³/mol. The van der Waals surface area contributed by atoms with E-state index in [1.54, 1.807) is 0 Å². The molecule has 0 aromatic heterocycles. The summed E-state index contributed by atoms with van der Waals surface area (Å²) in [5.74, 6) is 0.752. The Morgan fingerprint density at radius 3 is 1.73 bits per heavy atom. The molecule has 0 amide bonds. The minimum Gasteiger partial charge on any atom is -0.351 e. The molecule has 248 valence electrons. The van der Waals surface area contributed by atoms with Crippen molar-refractivity contribution < 1.29 is 0 Å². The van der Waals surface area contributed by atoms with Crippen molar-refractivity contribution in [3.8, 4) is 22.3 Å². The lowest BCUT2D eigenvalue weighted by molar-refractivity contribution is 0.679. The number of nitrogens with one attached hydrogen (secondary N) is 1. The Labute approximate surface area is 303 Å². The van der Waals surface area contributed by atoms with Crippen molar-refractivity contribution in [2.75, 3.05) is 0 Å². The number of benzene rings is 9. The second kappa shape index (κ2) is 13.6. The summed E-state index contributed by atoms with van der Waals surface area (Å²) < 4.78 is 0. The molecule has 0 aliphatic heterocycles. The highest BCUT2D eigenvalue weighted by Gasteiger charge is 2.17. The summed E-state index contributed by atoms with van der Waals surface area (Å²) in [5, 5.41) is 13.7. The van der Waals surface area contributed by atoms with Gasteiger partial charge < -0.3 is 11.1 Å². The van der Waals surface area contributed by atoms with Crippen molar-refractivity contribution in [1.82, 2.24) is 5.32 Å². The van der Waals surface area contributed by atoms with Gasteiger partial charge in [-0.3, -0.25) is 4.99 Å². The minimum atomic E-state index is -0.436. The van der Waals surface area contributed by atoms with E-state index < -0.39 is 6.17 Å². The number of hydrogen-bond donors (Lipinski definition) is 2. The van der Waals surface area contributed by atoms with E-state index in [4.69, 9.17) is 10.7 Å². The van der Waals surface area contributed by atoms with E-state index in [2.05, 4.69) is 157 Å². The van der Waals surface area contributed by atoms with Gasteiger partial charge in [0.15, 0.2) is 0 Å². The van der Waals surface area contributed by atoms with Crippen molar-refractivity contribution in [2.45, 2.75) is 12.7 Å². The van der Waals surface area contributed by atoms with Crippen LogP contribution in [-0.4, -0.2) is 5.84 Å². The van der Waals surface area contributed by atoms with Gasteiger partial charge in [0.2, 0.25) is 0 Å². The first-order chi connectivity index (χ1) is 25.7. The summed E-state index contributed by atoms with van der Waals surface area (Å²) in [5.41, 5.74) is 14.6. The van der Waals surface area contributed by atoms with Crippen LogP contribution in [0.3, 0.4) is 0 Å². The molecule has 1 atom stereocenters. The summed E-state index contributed by atoms with van der Waals surface area (Å²) in [6, 6.07) is 66.6. The van der Waals surface area contributed by atoms with Crippen molar-refractivity contribution in [3.63, 3.8) is 0 Å². The minimum absolute atomic E-state index is 0.436. The topological polar surface area (TPSA) is 50.4 Å². The van der Waals surface area contributed by atoms with Crippen molar-refractivity contribution in [1.29, 1.82) is 0 Å².